The number of benzene rings is 2. The van der Waals surface area contributed by atoms with E-state index in [1.807, 2.05) is 18.2 Å². The molecule has 164 valence electrons. The number of carbonyl (C=O) groups excluding carboxylic acids is 2. The average Bonchev–Trinajstić information content (AvgIpc) is 2.83. The van der Waals surface area contributed by atoms with Gasteiger partial charge >= 0.3 is 5.97 Å². The first-order chi connectivity index (χ1) is 15.5. The Kier molecular flexibility index (Phi) is 7.97. The van der Waals surface area contributed by atoms with Crippen LogP contribution in [0.25, 0.3) is 6.08 Å². The summed E-state index contributed by atoms with van der Waals surface area (Å²) in [6, 6.07) is 17.3. The van der Waals surface area contributed by atoms with Crippen LogP contribution in [-0.4, -0.2) is 30.0 Å². The highest BCUT2D eigenvalue weighted by Gasteiger charge is 2.16. The molecule has 0 bridgehead atoms. The average molecular weight is 432 g/mol. The van der Waals surface area contributed by atoms with E-state index in [-0.39, 0.29) is 12.5 Å². The highest BCUT2D eigenvalue weighted by Crippen LogP contribution is 2.20. The number of amides is 1. The van der Waals surface area contributed by atoms with E-state index in [2.05, 4.69) is 10.3 Å². The Morgan fingerprint density at radius 1 is 1.00 bits per heavy atom. The van der Waals surface area contributed by atoms with Gasteiger partial charge < -0.3 is 19.5 Å². The molecule has 1 atom stereocenters. The number of hydrogen-bond acceptors (Lipinski definition) is 6. The normalized spacial score (nSPS) is 11.6. The third-order valence-electron chi connectivity index (χ3n) is 4.43. The van der Waals surface area contributed by atoms with Gasteiger partial charge in [0.25, 0.3) is 0 Å². The fraction of sp³-hybridized carbons (Fsp3) is 0.160. The topological polar surface area (TPSA) is 86.8 Å². The smallest absolute Gasteiger partial charge is 0.328 e. The van der Waals surface area contributed by atoms with Crippen LogP contribution < -0.4 is 14.8 Å². The Hall–Kier alpha value is -4.13. The second-order valence-electron chi connectivity index (χ2n) is 6.88. The fourth-order valence-electron chi connectivity index (χ4n) is 2.68. The number of aromatic nitrogens is 1. The van der Waals surface area contributed by atoms with E-state index >= 15 is 0 Å². The van der Waals surface area contributed by atoms with Crippen molar-refractivity contribution in [2.45, 2.75) is 19.6 Å². The number of carbonyl (C=O) groups is 2. The summed E-state index contributed by atoms with van der Waals surface area (Å²) in [5, 5.41) is 2.59. The van der Waals surface area contributed by atoms with E-state index in [9.17, 15) is 9.59 Å². The molecule has 0 aliphatic heterocycles. The van der Waals surface area contributed by atoms with Gasteiger partial charge in [-0.1, -0.05) is 24.3 Å². The standard InChI is InChI=1S/C25H24N2O5/c1-18(27-24(28)14-9-19-5-10-21(30-2)11-6-19)25(29)31-17-20-7-12-22(13-8-20)32-23-4-3-15-26-16-23/h3-16,18H,17H2,1-2H3,(H,27,28)/b14-9+. The summed E-state index contributed by atoms with van der Waals surface area (Å²) in [5.74, 6) is 1.11. The molecule has 32 heavy (non-hydrogen) atoms. The molecular weight excluding hydrogens is 408 g/mol. The Balaban J connectivity index is 1.43. The molecule has 0 saturated heterocycles. The van der Waals surface area contributed by atoms with Crippen molar-refractivity contribution in [2.24, 2.45) is 0 Å². The first-order valence-electron chi connectivity index (χ1n) is 9.99. The van der Waals surface area contributed by atoms with Gasteiger partial charge in [0.1, 0.15) is 29.9 Å². The summed E-state index contributed by atoms with van der Waals surface area (Å²) in [6.45, 7) is 1.67. The number of methoxy groups -OCH3 is 1. The maximum Gasteiger partial charge on any atom is 0.328 e. The van der Waals surface area contributed by atoms with Gasteiger partial charge in [0.2, 0.25) is 5.91 Å². The van der Waals surface area contributed by atoms with Gasteiger partial charge in [-0.25, -0.2) is 4.79 Å². The zero-order chi connectivity index (χ0) is 22.8. The number of rotatable bonds is 9. The summed E-state index contributed by atoms with van der Waals surface area (Å²) in [5.41, 5.74) is 1.64. The highest BCUT2D eigenvalue weighted by molar-refractivity contribution is 5.94. The molecule has 0 aliphatic carbocycles. The van der Waals surface area contributed by atoms with Crippen molar-refractivity contribution in [3.05, 3.63) is 90.3 Å². The minimum atomic E-state index is -0.781. The summed E-state index contributed by atoms with van der Waals surface area (Å²) in [7, 11) is 1.59. The molecule has 0 spiro atoms. The van der Waals surface area contributed by atoms with Gasteiger partial charge in [0, 0.05) is 12.3 Å². The maximum atomic E-state index is 12.2. The molecule has 1 unspecified atom stereocenters. The molecule has 1 heterocycles. The lowest BCUT2D eigenvalue weighted by atomic mass is 10.2. The van der Waals surface area contributed by atoms with Crippen LogP contribution in [0.2, 0.25) is 0 Å². The van der Waals surface area contributed by atoms with Crippen LogP contribution in [0.3, 0.4) is 0 Å². The fourth-order valence-corrected chi connectivity index (χ4v) is 2.68. The molecule has 1 N–H and O–H groups in total. The van der Waals surface area contributed by atoms with Crippen molar-refractivity contribution < 1.29 is 23.8 Å². The highest BCUT2D eigenvalue weighted by atomic mass is 16.5. The summed E-state index contributed by atoms with van der Waals surface area (Å²) in [4.78, 5) is 28.3. The molecule has 2 aromatic carbocycles. The van der Waals surface area contributed by atoms with Crippen molar-refractivity contribution in [1.29, 1.82) is 0 Å². The van der Waals surface area contributed by atoms with E-state index in [0.717, 1.165) is 16.9 Å². The lowest BCUT2D eigenvalue weighted by molar-refractivity contribution is -0.148. The van der Waals surface area contributed by atoms with Gasteiger partial charge in [-0.2, -0.15) is 0 Å². The van der Waals surface area contributed by atoms with Gasteiger partial charge in [-0.15, -0.1) is 0 Å². The van der Waals surface area contributed by atoms with Gasteiger partial charge in [-0.05, 0) is 60.5 Å². The van der Waals surface area contributed by atoms with Gasteiger partial charge in [-0.3, -0.25) is 9.78 Å². The molecule has 3 aromatic rings. The van der Waals surface area contributed by atoms with Crippen molar-refractivity contribution in [1.82, 2.24) is 10.3 Å². The van der Waals surface area contributed by atoms with Crippen LogP contribution in [0.15, 0.2) is 79.1 Å². The number of pyridine rings is 1. The molecule has 0 aliphatic rings. The van der Waals surface area contributed by atoms with E-state index in [1.165, 1.54) is 6.08 Å². The molecule has 0 saturated carbocycles. The number of ether oxygens (including phenoxy) is 3. The minimum absolute atomic E-state index is 0.0912. The summed E-state index contributed by atoms with van der Waals surface area (Å²) < 4.78 is 16.1. The minimum Gasteiger partial charge on any atom is -0.497 e. The van der Waals surface area contributed by atoms with E-state index in [0.29, 0.717) is 11.5 Å². The molecule has 1 amide bonds. The molecular formula is C25H24N2O5. The Morgan fingerprint density at radius 3 is 2.38 bits per heavy atom. The van der Waals surface area contributed by atoms with Crippen molar-refractivity contribution in [3.8, 4) is 17.2 Å². The van der Waals surface area contributed by atoms with Crippen LogP contribution in [0, 0.1) is 0 Å². The predicted molar refractivity (Wildman–Crippen MR) is 120 cm³/mol. The van der Waals surface area contributed by atoms with Crippen LogP contribution >= 0.6 is 0 Å². The third-order valence-corrected chi connectivity index (χ3v) is 4.43. The lowest BCUT2D eigenvalue weighted by Crippen LogP contribution is -2.38. The number of hydrogen-bond donors (Lipinski definition) is 1. The van der Waals surface area contributed by atoms with Crippen molar-refractivity contribution >= 4 is 18.0 Å². The quantitative estimate of drug-likeness (QED) is 0.404. The van der Waals surface area contributed by atoms with Crippen molar-refractivity contribution in [2.75, 3.05) is 7.11 Å². The maximum absolute atomic E-state index is 12.2. The number of esters is 1. The second-order valence-corrected chi connectivity index (χ2v) is 6.88. The second kappa shape index (κ2) is 11.3. The van der Waals surface area contributed by atoms with Crippen LogP contribution in [0.4, 0.5) is 0 Å². The molecule has 3 rings (SSSR count). The largest absolute Gasteiger partial charge is 0.497 e. The Morgan fingerprint density at radius 2 is 1.72 bits per heavy atom. The number of nitrogens with zero attached hydrogens (tertiary/aromatic N) is 1. The SMILES string of the molecule is COc1ccc(/C=C/C(=O)NC(C)C(=O)OCc2ccc(Oc3cccnc3)cc2)cc1. The molecule has 7 heteroatoms. The van der Waals surface area contributed by atoms with Crippen LogP contribution in [-0.2, 0) is 20.9 Å². The van der Waals surface area contributed by atoms with Gasteiger partial charge in [0.05, 0.1) is 13.3 Å². The van der Waals surface area contributed by atoms with Crippen molar-refractivity contribution in [3.63, 3.8) is 0 Å². The predicted octanol–water partition coefficient (Wildman–Crippen LogP) is 4.14. The molecule has 7 nitrogen and oxygen atoms in total. The number of nitrogens with one attached hydrogen (secondary N) is 1. The van der Waals surface area contributed by atoms with E-state index < -0.39 is 12.0 Å². The first kappa shape index (κ1) is 22.6. The van der Waals surface area contributed by atoms with Crippen LogP contribution in [0.1, 0.15) is 18.1 Å². The third kappa shape index (κ3) is 6.98. The van der Waals surface area contributed by atoms with E-state index in [4.69, 9.17) is 14.2 Å². The van der Waals surface area contributed by atoms with Crippen LogP contribution in [0.5, 0.6) is 17.2 Å². The Labute approximate surface area is 186 Å². The monoisotopic (exact) mass is 432 g/mol. The zero-order valence-corrected chi connectivity index (χ0v) is 17.9. The summed E-state index contributed by atoms with van der Waals surface area (Å²) in [6.07, 6.45) is 6.32. The lowest BCUT2D eigenvalue weighted by Gasteiger charge is -2.12. The van der Waals surface area contributed by atoms with E-state index in [1.54, 1.807) is 75.0 Å². The first-order valence-corrected chi connectivity index (χ1v) is 9.99. The molecule has 0 fully saturated rings. The Bertz CT molecular complexity index is 1050. The zero-order valence-electron chi connectivity index (χ0n) is 17.9. The van der Waals surface area contributed by atoms with Gasteiger partial charge in [0.15, 0.2) is 0 Å². The molecule has 1 aromatic heterocycles. The molecule has 0 radical (unpaired) electrons. The summed E-state index contributed by atoms with van der Waals surface area (Å²) >= 11 is 0.